The summed E-state index contributed by atoms with van der Waals surface area (Å²) in [5, 5.41) is 1.09. The van der Waals surface area contributed by atoms with Crippen molar-refractivity contribution >= 4 is 40.4 Å². The molecule has 0 fully saturated rings. The first-order chi connectivity index (χ1) is 12.9. The standard InChI is InChI=1S/C18H12ClFN2O5/c19-11-5-6-14-10(7-11)8-15(27-14)18(25)26-9-16(23)21-22-17(24)12-3-1-2-4-13(12)20/h1-8H,9H2,(H,21,23)(H,22,24). The van der Waals surface area contributed by atoms with Crippen LogP contribution < -0.4 is 10.9 Å². The van der Waals surface area contributed by atoms with E-state index < -0.39 is 30.2 Å². The summed E-state index contributed by atoms with van der Waals surface area (Å²) < 4.78 is 23.6. The van der Waals surface area contributed by atoms with Gasteiger partial charge in [0.2, 0.25) is 5.76 Å². The molecule has 0 unspecified atom stereocenters. The number of furan rings is 1. The van der Waals surface area contributed by atoms with Crippen LogP contribution in [0.25, 0.3) is 11.0 Å². The molecule has 1 heterocycles. The van der Waals surface area contributed by atoms with Gasteiger partial charge in [-0.25, -0.2) is 9.18 Å². The summed E-state index contributed by atoms with van der Waals surface area (Å²) in [6, 6.07) is 11.5. The van der Waals surface area contributed by atoms with Gasteiger partial charge in [0.15, 0.2) is 6.61 Å². The Kier molecular flexibility index (Phi) is 5.37. The van der Waals surface area contributed by atoms with Gasteiger partial charge < -0.3 is 9.15 Å². The first-order valence-electron chi connectivity index (χ1n) is 7.64. The summed E-state index contributed by atoms with van der Waals surface area (Å²) in [5.74, 6) is -3.36. The summed E-state index contributed by atoms with van der Waals surface area (Å²) in [6.45, 7) is -0.672. The molecule has 2 amide bonds. The first-order valence-corrected chi connectivity index (χ1v) is 8.02. The zero-order valence-corrected chi connectivity index (χ0v) is 14.4. The number of halogens is 2. The molecule has 0 aliphatic carbocycles. The number of hydrogen-bond donors (Lipinski definition) is 2. The Hall–Kier alpha value is -3.39. The average Bonchev–Trinajstić information content (AvgIpc) is 3.07. The largest absolute Gasteiger partial charge is 0.450 e. The van der Waals surface area contributed by atoms with Crippen molar-refractivity contribution in [1.82, 2.24) is 10.9 Å². The molecule has 0 radical (unpaired) electrons. The van der Waals surface area contributed by atoms with Crippen molar-refractivity contribution in [1.29, 1.82) is 0 Å². The Morgan fingerprint density at radius 2 is 1.85 bits per heavy atom. The third kappa shape index (κ3) is 4.42. The molecule has 9 heteroatoms. The van der Waals surface area contributed by atoms with Gasteiger partial charge in [0.1, 0.15) is 11.4 Å². The Morgan fingerprint density at radius 1 is 1.07 bits per heavy atom. The molecule has 3 aromatic rings. The fourth-order valence-electron chi connectivity index (χ4n) is 2.19. The molecule has 0 saturated heterocycles. The van der Waals surface area contributed by atoms with Crippen LogP contribution in [0.2, 0.25) is 5.02 Å². The van der Waals surface area contributed by atoms with E-state index in [-0.39, 0.29) is 11.3 Å². The van der Waals surface area contributed by atoms with Gasteiger partial charge in [-0.3, -0.25) is 20.4 Å². The fraction of sp³-hybridized carbons (Fsp3) is 0.0556. The summed E-state index contributed by atoms with van der Waals surface area (Å²) in [4.78, 5) is 35.4. The minimum absolute atomic E-state index is 0.101. The number of esters is 1. The molecule has 1 aromatic heterocycles. The van der Waals surface area contributed by atoms with Gasteiger partial charge in [-0.2, -0.15) is 0 Å². The molecular weight excluding hydrogens is 379 g/mol. The summed E-state index contributed by atoms with van der Waals surface area (Å²) >= 11 is 5.86. The van der Waals surface area contributed by atoms with Gasteiger partial charge in [0.25, 0.3) is 11.8 Å². The second-order valence-corrected chi connectivity index (χ2v) is 5.79. The van der Waals surface area contributed by atoms with Crippen molar-refractivity contribution in [3.8, 4) is 0 Å². The predicted molar refractivity (Wildman–Crippen MR) is 93.5 cm³/mol. The number of rotatable bonds is 4. The summed E-state index contributed by atoms with van der Waals surface area (Å²) in [5.41, 5.74) is 4.24. The van der Waals surface area contributed by atoms with Crippen molar-refractivity contribution in [3.05, 3.63) is 70.7 Å². The van der Waals surface area contributed by atoms with Crippen LogP contribution in [0.15, 0.2) is 52.9 Å². The quantitative estimate of drug-likeness (QED) is 0.527. The number of carbonyl (C=O) groups excluding carboxylic acids is 3. The van der Waals surface area contributed by atoms with Crippen molar-refractivity contribution in [2.75, 3.05) is 6.61 Å². The predicted octanol–water partition coefficient (Wildman–Crippen LogP) is 2.84. The van der Waals surface area contributed by atoms with Crippen LogP contribution in [0.1, 0.15) is 20.9 Å². The molecule has 27 heavy (non-hydrogen) atoms. The maximum absolute atomic E-state index is 13.5. The number of nitrogens with one attached hydrogen (secondary N) is 2. The number of ether oxygens (including phenoxy) is 1. The summed E-state index contributed by atoms with van der Waals surface area (Å²) in [7, 11) is 0. The molecule has 0 bridgehead atoms. The zero-order valence-electron chi connectivity index (χ0n) is 13.6. The van der Waals surface area contributed by atoms with E-state index in [9.17, 15) is 18.8 Å². The lowest BCUT2D eigenvalue weighted by Crippen LogP contribution is -2.43. The summed E-state index contributed by atoms with van der Waals surface area (Å²) in [6.07, 6.45) is 0. The van der Waals surface area contributed by atoms with Crippen molar-refractivity contribution in [2.24, 2.45) is 0 Å². The van der Waals surface area contributed by atoms with Crippen LogP contribution in [-0.2, 0) is 9.53 Å². The van der Waals surface area contributed by atoms with E-state index in [1.807, 2.05) is 10.9 Å². The van der Waals surface area contributed by atoms with E-state index in [0.717, 1.165) is 6.07 Å². The van der Waals surface area contributed by atoms with Crippen LogP contribution in [0.4, 0.5) is 4.39 Å². The minimum atomic E-state index is -0.863. The Morgan fingerprint density at radius 3 is 2.63 bits per heavy atom. The second-order valence-electron chi connectivity index (χ2n) is 5.35. The van der Waals surface area contributed by atoms with E-state index in [4.69, 9.17) is 20.8 Å². The molecule has 138 valence electrons. The van der Waals surface area contributed by atoms with Crippen molar-refractivity contribution in [2.45, 2.75) is 0 Å². The molecule has 0 aliphatic heterocycles. The number of carbonyl (C=O) groups is 3. The van der Waals surface area contributed by atoms with E-state index in [2.05, 4.69) is 0 Å². The van der Waals surface area contributed by atoms with Crippen LogP contribution in [0.3, 0.4) is 0 Å². The highest BCUT2D eigenvalue weighted by atomic mass is 35.5. The van der Waals surface area contributed by atoms with E-state index in [1.165, 1.54) is 24.3 Å². The average molecular weight is 391 g/mol. The normalized spacial score (nSPS) is 10.4. The number of hydrazine groups is 1. The number of amides is 2. The number of fused-ring (bicyclic) bond motifs is 1. The lowest BCUT2D eigenvalue weighted by Gasteiger charge is -2.08. The van der Waals surface area contributed by atoms with E-state index >= 15 is 0 Å². The molecule has 0 saturated carbocycles. The molecule has 0 spiro atoms. The molecule has 0 aliphatic rings. The van der Waals surface area contributed by atoms with Gasteiger partial charge in [0, 0.05) is 10.4 Å². The van der Waals surface area contributed by atoms with Crippen LogP contribution >= 0.6 is 11.6 Å². The van der Waals surface area contributed by atoms with Crippen molar-refractivity contribution < 1.29 is 27.9 Å². The Balaban J connectivity index is 1.51. The Bertz CT molecular complexity index is 1030. The zero-order chi connectivity index (χ0) is 19.4. The van der Waals surface area contributed by atoms with E-state index in [0.29, 0.717) is 16.0 Å². The maximum Gasteiger partial charge on any atom is 0.374 e. The van der Waals surface area contributed by atoms with Gasteiger partial charge in [-0.05, 0) is 36.4 Å². The lowest BCUT2D eigenvalue weighted by atomic mass is 10.2. The monoisotopic (exact) mass is 390 g/mol. The molecule has 2 aromatic carbocycles. The highest BCUT2D eigenvalue weighted by molar-refractivity contribution is 6.31. The molecule has 3 rings (SSSR count). The van der Waals surface area contributed by atoms with Gasteiger partial charge in [-0.1, -0.05) is 23.7 Å². The first kappa shape index (κ1) is 18.4. The van der Waals surface area contributed by atoms with Crippen LogP contribution in [0, 0.1) is 5.82 Å². The van der Waals surface area contributed by atoms with Gasteiger partial charge >= 0.3 is 5.97 Å². The van der Waals surface area contributed by atoms with Gasteiger partial charge in [-0.15, -0.1) is 0 Å². The minimum Gasteiger partial charge on any atom is -0.450 e. The van der Waals surface area contributed by atoms with Crippen molar-refractivity contribution in [3.63, 3.8) is 0 Å². The second kappa shape index (κ2) is 7.88. The molecule has 7 nitrogen and oxygen atoms in total. The topological polar surface area (TPSA) is 97.6 Å². The van der Waals surface area contributed by atoms with Crippen LogP contribution in [-0.4, -0.2) is 24.4 Å². The van der Waals surface area contributed by atoms with Gasteiger partial charge in [0.05, 0.1) is 5.56 Å². The molecule has 2 N–H and O–H groups in total. The number of hydrogen-bond acceptors (Lipinski definition) is 5. The highest BCUT2D eigenvalue weighted by Gasteiger charge is 2.16. The third-order valence-corrected chi connectivity index (χ3v) is 3.68. The fourth-order valence-corrected chi connectivity index (χ4v) is 2.37. The third-order valence-electron chi connectivity index (χ3n) is 3.45. The van der Waals surface area contributed by atoms with E-state index in [1.54, 1.807) is 18.2 Å². The Labute approximate surface area is 157 Å². The van der Waals surface area contributed by atoms with Crippen LogP contribution in [0.5, 0.6) is 0 Å². The number of benzene rings is 2. The molecule has 0 atom stereocenters. The molecular formula is C18H12ClFN2O5. The smallest absolute Gasteiger partial charge is 0.374 e. The maximum atomic E-state index is 13.5. The SMILES string of the molecule is O=C(COC(=O)c1cc2cc(Cl)ccc2o1)NNC(=O)c1ccccc1F. The lowest BCUT2D eigenvalue weighted by molar-refractivity contribution is -0.125. The highest BCUT2D eigenvalue weighted by Crippen LogP contribution is 2.23.